The standard InChI is InChI=1S/C35H37N5O4/c1-2-6-26(7-3-1)31-32-34(40(23-30-9-5-20-42-30)39-22-29-8-4-19-41-29)37-24-38-35(32)44-33(31)27-10-12-28(13-11-27)43-21-16-25-14-17-36-18-15-25/h1-3,6-7,10-15,17-18,24,29-30,39H,4-5,8-9,16,19-23H2. The molecule has 2 saturated heterocycles. The molecule has 44 heavy (non-hydrogen) atoms. The highest BCUT2D eigenvalue weighted by Gasteiger charge is 2.28. The van der Waals surface area contributed by atoms with E-state index < -0.39 is 0 Å². The van der Waals surface area contributed by atoms with E-state index in [1.54, 1.807) is 18.7 Å². The molecule has 0 radical (unpaired) electrons. The van der Waals surface area contributed by atoms with Crippen LogP contribution in [-0.4, -0.2) is 60.1 Å². The minimum Gasteiger partial charge on any atom is -0.493 e. The van der Waals surface area contributed by atoms with Crippen molar-refractivity contribution in [3.05, 3.63) is 91.0 Å². The number of pyridine rings is 1. The summed E-state index contributed by atoms with van der Waals surface area (Å²) < 4.78 is 24.6. The molecule has 2 aliphatic rings. The normalized spacial score (nSPS) is 18.2. The summed E-state index contributed by atoms with van der Waals surface area (Å²) in [5.74, 6) is 2.32. The fourth-order valence-corrected chi connectivity index (χ4v) is 5.98. The van der Waals surface area contributed by atoms with Crippen molar-refractivity contribution in [3.63, 3.8) is 0 Å². The van der Waals surface area contributed by atoms with Gasteiger partial charge in [0.2, 0.25) is 5.71 Å². The third-order valence-corrected chi connectivity index (χ3v) is 8.26. The fourth-order valence-electron chi connectivity index (χ4n) is 5.98. The van der Waals surface area contributed by atoms with E-state index in [2.05, 4.69) is 32.5 Å². The van der Waals surface area contributed by atoms with E-state index in [-0.39, 0.29) is 12.2 Å². The number of rotatable bonds is 12. The molecule has 2 aromatic carbocycles. The van der Waals surface area contributed by atoms with Crippen molar-refractivity contribution in [2.75, 3.05) is 37.9 Å². The Morgan fingerprint density at radius 2 is 1.61 bits per heavy atom. The molecular weight excluding hydrogens is 554 g/mol. The molecule has 3 aromatic heterocycles. The molecule has 0 aliphatic carbocycles. The molecule has 2 aliphatic heterocycles. The van der Waals surface area contributed by atoms with Gasteiger partial charge >= 0.3 is 0 Å². The molecule has 2 unspecified atom stereocenters. The number of fused-ring (bicyclic) bond motifs is 1. The third-order valence-electron chi connectivity index (χ3n) is 8.26. The number of hydrogen-bond acceptors (Lipinski definition) is 9. The van der Waals surface area contributed by atoms with Gasteiger partial charge in [-0.2, -0.15) is 0 Å². The molecule has 226 valence electrons. The predicted molar refractivity (Wildman–Crippen MR) is 169 cm³/mol. The molecule has 2 atom stereocenters. The molecule has 0 amide bonds. The summed E-state index contributed by atoms with van der Waals surface area (Å²) in [6.45, 7) is 3.55. The Bertz CT molecular complexity index is 1630. The van der Waals surface area contributed by atoms with E-state index in [0.717, 1.165) is 84.7 Å². The number of aromatic nitrogens is 3. The Labute approximate surface area is 257 Å². The zero-order valence-electron chi connectivity index (χ0n) is 24.7. The summed E-state index contributed by atoms with van der Waals surface area (Å²) in [6.07, 6.45) is 10.5. The van der Waals surface area contributed by atoms with Crippen LogP contribution in [0.3, 0.4) is 0 Å². The van der Waals surface area contributed by atoms with Crippen LogP contribution in [0.15, 0.2) is 89.9 Å². The van der Waals surface area contributed by atoms with Crippen molar-refractivity contribution in [2.24, 2.45) is 0 Å². The summed E-state index contributed by atoms with van der Waals surface area (Å²) in [5, 5.41) is 2.98. The molecule has 0 saturated carbocycles. The molecule has 7 rings (SSSR count). The van der Waals surface area contributed by atoms with Gasteiger partial charge in [-0.05, 0) is 73.2 Å². The van der Waals surface area contributed by atoms with Crippen molar-refractivity contribution in [3.8, 4) is 28.2 Å². The summed E-state index contributed by atoms with van der Waals surface area (Å²) in [6, 6.07) is 22.4. The average molecular weight is 592 g/mol. The van der Waals surface area contributed by atoms with Crippen LogP contribution in [0.5, 0.6) is 5.75 Å². The van der Waals surface area contributed by atoms with E-state index in [9.17, 15) is 0 Å². The first-order valence-corrected chi connectivity index (χ1v) is 15.5. The Morgan fingerprint density at radius 1 is 0.841 bits per heavy atom. The maximum atomic E-state index is 6.55. The van der Waals surface area contributed by atoms with Crippen LogP contribution < -0.4 is 15.2 Å². The second kappa shape index (κ2) is 13.5. The summed E-state index contributed by atoms with van der Waals surface area (Å²) in [5.41, 5.74) is 8.30. The van der Waals surface area contributed by atoms with Gasteiger partial charge in [-0.3, -0.25) is 9.99 Å². The number of nitrogens with one attached hydrogen (secondary N) is 1. The van der Waals surface area contributed by atoms with E-state index in [1.807, 2.05) is 54.6 Å². The Hall–Kier alpha value is -4.31. The number of ether oxygens (including phenoxy) is 3. The van der Waals surface area contributed by atoms with Crippen LogP contribution >= 0.6 is 0 Å². The predicted octanol–water partition coefficient (Wildman–Crippen LogP) is 6.24. The molecular formula is C35H37N5O4. The van der Waals surface area contributed by atoms with Gasteiger partial charge in [0.05, 0.1) is 30.7 Å². The maximum Gasteiger partial charge on any atom is 0.232 e. The van der Waals surface area contributed by atoms with Crippen LogP contribution in [0.25, 0.3) is 33.6 Å². The van der Waals surface area contributed by atoms with Crippen molar-refractivity contribution in [1.29, 1.82) is 0 Å². The lowest BCUT2D eigenvalue weighted by atomic mass is 9.99. The van der Waals surface area contributed by atoms with Gasteiger partial charge in [-0.15, -0.1) is 0 Å². The number of furan rings is 1. The van der Waals surface area contributed by atoms with Crippen LogP contribution in [-0.2, 0) is 15.9 Å². The van der Waals surface area contributed by atoms with Gasteiger partial charge in [-0.25, -0.2) is 15.4 Å². The monoisotopic (exact) mass is 591 g/mol. The molecule has 5 aromatic rings. The molecule has 1 N–H and O–H groups in total. The fraction of sp³-hybridized carbons (Fsp3) is 0.343. The summed E-state index contributed by atoms with van der Waals surface area (Å²) >= 11 is 0. The van der Waals surface area contributed by atoms with Crippen molar-refractivity contribution in [2.45, 2.75) is 44.3 Å². The first kappa shape index (κ1) is 28.5. The lowest BCUT2D eigenvalue weighted by molar-refractivity contribution is 0.100. The Morgan fingerprint density at radius 3 is 2.36 bits per heavy atom. The Kier molecular flexibility index (Phi) is 8.76. The number of hydrazine groups is 1. The molecule has 0 spiro atoms. The number of benzene rings is 2. The average Bonchev–Trinajstić information content (AvgIpc) is 3.86. The van der Waals surface area contributed by atoms with Crippen LogP contribution in [0, 0.1) is 0 Å². The first-order chi connectivity index (χ1) is 21.8. The number of nitrogens with zero attached hydrogens (tertiary/aromatic N) is 4. The van der Waals surface area contributed by atoms with Crippen LogP contribution in [0.1, 0.15) is 31.2 Å². The highest BCUT2D eigenvalue weighted by atomic mass is 16.5. The second-order valence-electron chi connectivity index (χ2n) is 11.3. The number of hydrogen-bond donors (Lipinski definition) is 1. The minimum atomic E-state index is 0.120. The van der Waals surface area contributed by atoms with Gasteiger partial charge in [0.1, 0.15) is 17.8 Å². The molecule has 2 fully saturated rings. The lowest BCUT2D eigenvalue weighted by Crippen LogP contribution is -2.46. The summed E-state index contributed by atoms with van der Waals surface area (Å²) in [7, 11) is 0. The molecule has 0 bridgehead atoms. The van der Waals surface area contributed by atoms with Gasteiger partial charge in [0, 0.05) is 49.7 Å². The molecule has 9 nitrogen and oxygen atoms in total. The summed E-state index contributed by atoms with van der Waals surface area (Å²) in [4.78, 5) is 13.5. The Balaban J connectivity index is 1.22. The zero-order chi connectivity index (χ0) is 29.6. The third kappa shape index (κ3) is 6.45. The van der Waals surface area contributed by atoms with Gasteiger partial charge in [0.15, 0.2) is 5.82 Å². The maximum absolute atomic E-state index is 6.55. The van der Waals surface area contributed by atoms with E-state index >= 15 is 0 Å². The first-order valence-electron chi connectivity index (χ1n) is 15.5. The second-order valence-corrected chi connectivity index (χ2v) is 11.3. The van der Waals surface area contributed by atoms with Crippen molar-refractivity contribution < 1.29 is 18.6 Å². The quantitative estimate of drug-likeness (QED) is 0.169. The lowest BCUT2D eigenvalue weighted by Gasteiger charge is -2.28. The highest BCUT2D eigenvalue weighted by molar-refractivity contribution is 6.06. The van der Waals surface area contributed by atoms with E-state index in [1.165, 1.54) is 5.56 Å². The SMILES string of the molecule is c1ccc(-c2c(-c3ccc(OCCc4ccncc4)cc3)oc3ncnc(N(CC4CCCO4)NCC4CCCO4)c23)cc1. The van der Waals surface area contributed by atoms with Crippen molar-refractivity contribution in [1.82, 2.24) is 20.4 Å². The topological polar surface area (TPSA) is 94.8 Å². The van der Waals surface area contributed by atoms with Gasteiger partial charge in [-0.1, -0.05) is 30.3 Å². The molecule has 5 heterocycles. The van der Waals surface area contributed by atoms with Crippen molar-refractivity contribution >= 4 is 16.9 Å². The van der Waals surface area contributed by atoms with Gasteiger partial charge < -0.3 is 18.6 Å². The van der Waals surface area contributed by atoms with E-state index in [4.69, 9.17) is 23.6 Å². The zero-order valence-corrected chi connectivity index (χ0v) is 24.7. The van der Waals surface area contributed by atoms with Crippen LogP contribution in [0.4, 0.5) is 5.82 Å². The van der Waals surface area contributed by atoms with Crippen LogP contribution in [0.2, 0.25) is 0 Å². The highest BCUT2D eigenvalue weighted by Crippen LogP contribution is 2.43. The van der Waals surface area contributed by atoms with E-state index in [0.29, 0.717) is 25.4 Å². The molecule has 9 heteroatoms. The van der Waals surface area contributed by atoms with Gasteiger partial charge in [0.25, 0.3) is 0 Å². The largest absolute Gasteiger partial charge is 0.493 e. The number of anilines is 1. The smallest absolute Gasteiger partial charge is 0.232 e. The minimum absolute atomic E-state index is 0.120.